The molecular formula is C24H29FO4. The van der Waals surface area contributed by atoms with Crippen molar-refractivity contribution < 1.29 is 23.5 Å². The minimum absolute atomic E-state index is 0.108. The van der Waals surface area contributed by atoms with Crippen LogP contribution in [0.25, 0.3) is 0 Å². The fraction of sp³-hybridized carbons (Fsp3) is 0.333. The highest BCUT2D eigenvalue weighted by Gasteiger charge is 2.16. The number of carbonyl (C=O) groups excluding carboxylic acids is 2. The first-order valence-electron chi connectivity index (χ1n) is 9.46. The summed E-state index contributed by atoms with van der Waals surface area (Å²) >= 11 is 0. The molecule has 0 amide bonds. The van der Waals surface area contributed by atoms with E-state index in [0.717, 1.165) is 12.0 Å². The SMILES string of the molecule is C=C(C)CCOC(=O)c1ccccc1.CC(C)(F)CCOC(=O)c1ccccc1. The van der Waals surface area contributed by atoms with Gasteiger partial charge in [-0.15, -0.1) is 6.58 Å². The molecule has 0 saturated heterocycles. The maximum absolute atomic E-state index is 13.1. The monoisotopic (exact) mass is 400 g/mol. The fourth-order valence-corrected chi connectivity index (χ4v) is 2.02. The van der Waals surface area contributed by atoms with E-state index < -0.39 is 11.6 Å². The Morgan fingerprint density at radius 2 is 1.28 bits per heavy atom. The second-order valence-corrected chi connectivity index (χ2v) is 7.18. The molecule has 4 nitrogen and oxygen atoms in total. The highest BCUT2D eigenvalue weighted by Crippen LogP contribution is 2.13. The van der Waals surface area contributed by atoms with Crippen molar-refractivity contribution in [2.75, 3.05) is 13.2 Å². The van der Waals surface area contributed by atoms with E-state index in [2.05, 4.69) is 6.58 Å². The van der Waals surface area contributed by atoms with Crippen molar-refractivity contribution >= 4 is 11.9 Å². The van der Waals surface area contributed by atoms with Gasteiger partial charge in [0.25, 0.3) is 0 Å². The quantitative estimate of drug-likeness (QED) is 0.416. The smallest absolute Gasteiger partial charge is 0.338 e. The van der Waals surface area contributed by atoms with E-state index in [-0.39, 0.29) is 19.0 Å². The van der Waals surface area contributed by atoms with Gasteiger partial charge in [0.15, 0.2) is 0 Å². The maximum Gasteiger partial charge on any atom is 0.338 e. The number of esters is 2. The summed E-state index contributed by atoms with van der Waals surface area (Å²) in [4.78, 5) is 22.8. The Morgan fingerprint density at radius 1 is 0.862 bits per heavy atom. The molecule has 0 unspecified atom stereocenters. The van der Waals surface area contributed by atoms with E-state index >= 15 is 0 Å². The normalized spacial score (nSPS) is 10.3. The van der Waals surface area contributed by atoms with Crippen molar-refractivity contribution in [1.82, 2.24) is 0 Å². The third kappa shape index (κ3) is 11.5. The Bertz CT molecular complexity index is 764. The Morgan fingerprint density at radius 3 is 1.66 bits per heavy atom. The van der Waals surface area contributed by atoms with Gasteiger partial charge in [-0.25, -0.2) is 14.0 Å². The number of alkyl halides is 1. The molecule has 0 bridgehead atoms. The summed E-state index contributed by atoms with van der Waals surface area (Å²) in [6.07, 6.45) is 0.935. The van der Waals surface area contributed by atoms with Gasteiger partial charge in [0.2, 0.25) is 0 Å². The second kappa shape index (κ2) is 12.5. The van der Waals surface area contributed by atoms with E-state index in [1.54, 1.807) is 36.4 Å². The Kier molecular flexibility index (Phi) is 10.4. The first-order chi connectivity index (χ1) is 13.7. The molecule has 5 heteroatoms. The molecule has 2 aromatic rings. The predicted molar refractivity (Wildman–Crippen MR) is 113 cm³/mol. The van der Waals surface area contributed by atoms with Crippen LogP contribution in [0.2, 0.25) is 0 Å². The van der Waals surface area contributed by atoms with E-state index in [1.807, 2.05) is 31.2 Å². The average molecular weight is 400 g/mol. The summed E-state index contributed by atoms with van der Waals surface area (Å²) < 4.78 is 23.0. The van der Waals surface area contributed by atoms with Crippen LogP contribution in [0, 0.1) is 0 Å². The van der Waals surface area contributed by atoms with Crippen LogP contribution in [0.5, 0.6) is 0 Å². The molecule has 0 atom stereocenters. The van der Waals surface area contributed by atoms with Gasteiger partial charge >= 0.3 is 11.9 Å². The van der Waals surface area contributed by atoms with Crippen LogP contribution in [0.15, 0.2) is 72.8 Å². The van der Waals surface area contributed by atoms with Crippen molar-refractivity contribution in [2.45, 2.75) is 39.3 Å². The van der Waals surface area contributed by atoms with Crippen LogP contribution in [-0.2, 0) is 9.47 Å². The van der Waals surface area contributed by atoms with Crippen LogP contribution in [-0.4, -0.2) is 30.8 Å². The summed E-state index contributed by atoms with van der Waals surface area (Å²) in [6, 6.07) is 17.7. The molecular weight excluding hydrogens is 371 g/mol. The van der Waals surface area contributed by atoms with Gasteiger partial charge in [0.1, 0.15) is 5.67 Å². The molecule has 0 radical (unpaired) electrons. The second-order valence-electron chi connectivity index (χ2n) is 7.18. The predicted octanol–water partition coefficient (Wildman–Crippen LogP) is 5.79. The topological polar surface area (TPSA) is 52.6 Å². The summed E-state index contributed by atoms with van der Waals surface area (Å²) in [7, 11) is 0. The lowest BCUT2D eigenvalue weighted by atomic mass is 10.1. The van der Waals surface area contributed by atoms with Crippen molar-refractivity contribution in [1.29, 1.82) is 0 Å². The van der Waals surface area contributed by atoms with E-state index in [1.165, 1.54) is 13.8 Å². The van der Waals surface area contributed by atoms with Crippen molar-refractivity contribution in [3.05, 3.63) is 83.9 Å². The third-order valence-corrected chi connectivity index (χ3v) is 3.71. The van der Waals surface area contributed by atoms with Crippen LogP contribution < -0.4 is 0 Å². The fourth-order valence-electron chi connectivity index (χ4n) is 2.02. The zero-order chi connectivity index (χ0) is 21.7. The first kappa shape index (κ1) is 24.1. The van der Waals surface area contributed by atoms with Crippen molar-refractivity contribution in [3.8, 4) is 0 Å². The number of hydrogen-bond donors (Lipinski definition) is 0. The highest BCUT2D eigenvalue weighted by molar-refractivity contribution is 5.89. The molecule has 0 aliphatic carbocycles. The number of benzene rings is 2. The minimum Gasteiger partial charge on any atom is -0.462 e. The molecule has 0 N–H and O–H groups in total. The summed E-state index contributed by atoms with van der Waals surface area (Å²) in [5.41, 5.74) is 0.811. The van der Waals surface area contributed by atoms with E-state index in [4.69, 9.17) is 9.47 Å². The molecule has 0 fully saturated rings. The molecule has 0 heterocycles. The summed E-state index contributed by atoms with van der Waals surface area (Å²) in [5, 5.41) is 0. The molecule has 2 aromatic carbocycles. The Hall–Kier alpha value is -2.95. The van der Waals surface area contributed by atoms with Gasteiger partial charge in [-0.1, -0.05) is 42.0 Å². The van der Waals surface area contributed by atoms with Crippen LogP contribution in [0.4, 0.5) is 4.39 Å². The summed E-state index contributed by atoms with van der Waals surface area (Å²) in [5.74, 6) is -0.674. The lowest BCUT2D eigenvalue weighted by Crippen LogP contribution is -2.17. The van der Waals surface area contributed by atoms with Gasteiger partial charge in [0, 0.05) is 12.8 Å². The number of hydrogen-bond acceptors (Lipinski definition) is 4. The van der Waals surface area contributed by atoms with Gasteiger partial charge in [0.05, 0.1) is 24.3 Å². The van der Waals surface area contributed by atoms with Crippen LogP contribution in [0.3, 0.4) is 0 Å². The molecule has 2 rings (SSSR count). The molecule has 0 spiro atoms. The zero-order valence-corrected chi connectivity index (χ0v) is 17.3. The third-order valence-electron chi connectivity index (χ3n) is 3.71. The number of halogens is 1. The molecule has 156 valence electrons. The molecule has 0 aliphatic heterocycles. The summed E-state index contributed by atoms with van der Waals surface area (Å²) in [6.45, 7) is 9.08. The number of ether oxygens (including phenoxy) is 2. The van der Waals surface area contributed by atoms with Crippen molar-refractivity contribution in [3.63, 3.8) is 0 Å². The molecule has 29 heavy (non-hydrogen) atoms. The van der Waals surface area contributed by atoms with Crippen molar-refractivity contribution in [2.24, 2.45) is 0 Å². The van der Waals surface area contributed by atoms with Gasteiger partial charge in [-0.3, -0.25) is 0 Å². The molecule has 0 aromatic heterocycles. The van der Waals surface area contributed by atoms with Crippen LogP contribution >= 0.6 is 0 Å². The van der Waals surface area contributed by atoms with Gasteiger partial charge in [-0.05, 0) is 45.0 Å². The number of carbonyl (C=O) groups is 2. The first-order valence-corrected chi connectivity index (χ1v) is 9.46. The standard InChI is InChI=1S/C12H15FO2.C12H14O2/c1-12(2,13)8-9-15-11(14)10-6-4-3-5-7-10;1-10(2)8-9-14-12(13)11-6-4-3-5-7-11/h3-7H,8-9H2,1-2H3;3-7H,1,8-9H2,2H3. The number of rotatable bonds is 8. The average Bonchev–Trinajstić information content (AvgIpc) is 2.68. The van der Waals surface area contributed by atoms with E-state index in [0.29, 0.717) is 17.7 Å². The molecule has 0 saturated carbocycles. The lowest BCUT2D eigenvalue weighted by molar-refractivity contribution is 0.0431. The Labute approximate surface area is 172 Å². The highest BCUT2D eigenvalue weighted by atomic mass is 19.1. The largest absolute Gasteiger partial charge is 0.462 e. The molecule has 0 aliphatic rings. The van der Waals surface area contributed by atoms with Crippen LogP contribution in [0.1, 0.15) is 54.3 Å². The Balaban J connectivity index is 0.000000291. The van der Waals surface area contributed by atoms with Gasteiger partial charge < -0.3 is 9.47 Å². The zero-order valence-electron chi connectivity index (χ0n) is 17.3. The lowest BCUT2D eigenvalue weighted by Gasteiger charge is -2.13. The van der Waals surface area contributed by atoms with E-state index in [9.17, 15) is 14.0 Å². The minimum atomic E-state index is -1.29. The maximum atomic E-state index is 13.1. The van der Waals surface area contributed by atoms with Gasteiger partial charge in [-0.2, -0.15) is 0 Å².